The highest BCUT2D eigenvalue weighted by Gasteiger charge is 2.09. The van der Waals surface area contributed by atoms with Crippen molar-refractivity contribution in [3.05, 3.63) is 71.0 Å². The molecule has 1 heterocycles. The molecule has 0 bridgehead atoms. The lowest BCUT2D eigenvalue weighted by Gasteiger charge is -2.05. The zero-order valence-electron chi connectivity index (χ0n) is 11.9. The maximum atomic E-state index is 5.78. The normalized spacial score (nSPS) is 11.1. The number of furan rings is 1. The second kappa shape index (κ2) is 5.51. The molecule has 3 aromatic rings. The summed E-state index contributed by atoms with van der Waals surface area (Å²) in [6.07, 6.45) is 0. The van der Waals surface area contributed by atoms with Crippen molar-refractivity contribution in [2.45, 2.75) is 26.9 Å². The molecule has 0 fully saturated rings. The van der Waals surface area contributed by atoms with Crippen LogP contribution in [0, 0.1) is 13.8 Å². The van der Waals surface area contributed by atoms with Crippen LogP contribution in [0.25, 0.3) is 11.0 Å². The molecule has 2 aromatic carbocycles. The molecule has 2 nitrogen and oxygen atoms in total. The van der Waals surface area contributed by atoms with E-state index in [1.807, 2.05) is 19.1 Å². The molecule has 0 aliphatic carbocycles. The van der Waals surface area contributed by atoms with Crippen LogP contribution in [0.5, 0.6) is 0 Å². The van der Waals surface area contributed by atoms with Gasteiger partial charge in [-0.1, -0.05) is 48.0 Å². The summed E-state index contributed by atoms with van der Waals surface area (Å²) in [4.78, 5) is 0. The van der Waals surface area contributed by atoms with Crippen molar-refractivity contribution < 1.29 is 4.42 Å². The van der Waals surface area contributed by atoms with Crippen LogP contribution in [0.1, 0.15) is 22.5 Å². The summed E-state index contributed by atoms with van der Waals surface area (Å²) in [7, 11) is 0. The van der Waals surface area contributed by atoms with Crippen molar-refractivity contribution in [1.29, 1.82) is 0 Å². The number of fused-ring (bicyclic) bond motifs is 1. The van der Waals surface area contributed by atoms with E-state index in [-0.39, 0.29) is 0 Å². The van der Waals surface area contributed by atoms with Gasteiger partial charge in [0.2, 0.25) is 0 Å². The predicted octanol–water partition coefficient (Wildman–Crippen LogP) is 4.34. The third-order valence-corrected chi connectivity index (χ3v) is 3.65. The molecule has 0 saturated heterocycles. The molecule has 0 saturated carbocycles. The van der Waals surface area contributed by atoms with Crippen LogP contribution < -0.4 is 5.32 Å². The van der Waals surface area contributed by atoms with E-state index in [1.54, 1.807) is 0 Å². The summed E-state index contributed by atoms with van der Waals surface area (Å²) in [5, 5.41) is 4.71. The molecule has 0 aliphatic rings. The van der Waals surface area contributed by atoms with Crippen molar-refractivity contribution in [2.75, 3.05) is 0 Å². The highest BCUT2D eigenvalue weighted by molar-refractivity contribution is 5.82. The molecule has 0 amide bonds. The number of hydrogen-bond acceptors (Lipinski definition) is 2. The number of nitrogens with one attached hydrogen (secondary N) is 1. The quantitative estimate of drug-likeness (QED) is 0.759. The topological polar surface area (TPSA) is 25.2 Å². The molecule has 1 N–H and O–H groups in total. The minimum Gasteiger partial charge on any atom is -0.461 e. The number of para-hydroxylation sites is 1. The smallest absolute Gasteiger partial charge is 0.134 e. The van der Waals surface area contributed by atoms with Gasteiger partial charge in [0.1, 0.15) is 11.3 Å². The number of benzene rings is 2. The molecule has 0 aliphatic heterocycles. The van der Waals surface area contributed by atoms with E-state index in [1.165, 1.54) is 22.1 Å². The average Bonchev–Trinajstić information content (AvgIpc) is 2.77. The van der Waals surface area contributed by atoms with E-state index in [0.29, 0.717) is 0 Å². The third kappa shape index (κ3) is 2.61. The minimum atomic E-state index is 0.830. The SMILES string of the molecule is Cc1ccc(CNCc2c(C)oc3ccccc23)cc1. The zero-order chi connectivity index (χ0) is 13.9. The Bertz CT molecular complexity index is 710. The summed E-state index contributed by atoms with van der Waals surface area (Å²) in [5.41, 5.74) is 4.83. The van der Waals surface area contributed by atoms with Gasteiger partial charge in [-0.05, 0) is 25.5 Å². The summed E-state index contributed by atoms with van der Waals surface area (Å²) in [6, 6.07) is 16.8. The van der Waals surface area contributed by atoms with E-state index in [2.05, 4.69) is 48.6 Å². The van der Waals surface area contributed by atoms with Crippen LogP contribution in [-0.4, -0.2) is 0 Å². The molecule has 102 valence electrons. The van der Waals surface area contributed by atoms with Crippen molar-refractivity contribution in [2.24, 2.45) is 0 Å². The Morgan fingerprint density at radius 3 is 2.45 bits per heavy atom. The standard InChI is InChI=1S/C18H19NO/c1-13-7-9-15(10-8-13)11-19-12-17-14(2)20-18-6-4-3-5-16(17)18/h3-10,19H,11-12H2,1-2H3. The van der Waals surface area contributed by atoms with E-state index >= 15 is 0 Å². The Balaban J connectivity index is 1.71. The van der Waals surface area contributed by atoms with Gasteiger partial charge in [0.05, 0.1) is 0 Å². The summed E-state index contributed by atoms with van der Waals surface area (Å²) in [6.45, 7) is 5.84. The minimum absolute atomic E-state index is 0.830. The molecular formula is C18H19NO. The fourth-order valence-electron chi connectivity index (χ4n) is 2.48. The highest BCUT2D eigenvalue weighted by atomic mass is 16.3. The fourth-order valence-corrected chi connectivity index (χ4v) is 2.48. The predicted molar refractivity (Wildman–Crippen MR) is 82.7 cm³/mol. The maximum Gasteiger partial charge on any atom is 0.134 e. The van der Waals surface area contributed by atoms with Gasteiger partial charge in [0, 0.05) is 24.0 Å². The Hall–Kier alpha value is -2.06. The van der Waals surface area contributed by atoms with E-state index < -0.39 is 0 Å². The Kier molecular flexibility index (Phi) is 3.57. The van der Waals surface area contributed by atoms with Gasteiger partial charge in [0.15, 0.2) is 0 Å². The molecule has 3 rings (SSSR count). The van der Waals surface area contributed by atoms with Crippen LogP contribution in [-0.2, 0) is 13.1 Å². The van der Waals surface area contributed by atoms with E-state index in [9.17, 15) is 0 Å². The first-order valence-corrected chi connectivity index (χ1v) is 6.97. The largest absolute Gasteiger partial charge is 0.461 e. The molecule has 0 atom stereocenters. The van der Waals surface area contributed by atoms with E-state index in [4.69, 9.17) is 4.42 Å². The molecule has 0 radical (unpaired) electrons. The van der Waals surface area contributed by atoms with E-state index in [0.717, 1.165) is 24.4 Å². The van der Waals surface area contributed by atoms with Crippen LogP contribution in [0.3, 0.4) is 0 Å². The second-order valence-corrected chi connectivity index (χ2v) is 5.22. The fraction of sp³-hybridized carbons (Fsp3) is 0.222. The van der Waals surface area contributed by atoms with Crippen LogP contribution in [0.4, 0.5) is 0 Å². The average molecular weight is 265 g/mol. The number of hydrogen-bond donors (Lipinski definition) is 1. The zero-order valence-corrected chi connectivity index (χ0v) is 11.9. The van der Waals surface area contributed by atoms with Gasteiger partial charge >= 0.3 is 0 Å². The first-order valence-electron chi connectivity index (χ1n) is 6.97. The summed E-state index contributed by atoms with van der Waals surface area (Å²) >= 11 is 0. The van der Waals surface area contributed by atoms with Crippen molar-refractivity contribution in [1.82, 2.24) is 5.32 Å². The monoisotopic (exact) mass is 265 g/mol. The van der Waals surface area contributed by atoms with Gasteiger partial charge in [-0.2, -0.15) is 0 Å². The van der Waals surface area contributed by atoms with Gasteiger partial charge in [0.25, 0.3) is 0 Å². The van der Waals surface area contributed by atoms with Gasteiger partial charge in [-0.3, -0.25) is 0 Å². The summed E-state index contributed by atoms with van der Waals surface area (Å²) in [5.74, 6) is 1.00. The van der Waals surface area contributed by atoms with Crippen molar-refractivity contribution in [3.8, 4) is 0 Å². The lowest BCUT2D eigenvalue weighted by Crippen LogP contribution is -2.12. The molecule has 2 heteroatoms. The first-order chi connectivity index (χ1) is 9.74. The van der Waals surface area contributed by atoms with Crippen LogP contribution in [0.2, 0.25) is 0 Å². The Morgan fingerprint density at radius 2 is 1.65 bits per heavy atom. The van der Waals surface area contributed by atoms with Crippen molar-refractivity contribution >= 4 is 11.0 Å². The number of rotatable bonds is 4. The molecule has 0 unspecified atom stereocenters. The first kappa shape index (κ1) is 12.9. The van der Waals surface area contributed by atoms with Gasteiger partial charge in [-0.15, -0.1) is 0 Å². The van der Waals surface area contributed by atoms with Crippen LogP contribution in [0.15, 0.2) is 52.9 Å². The van der Waals surface area contributed by atoms with Crippen LogP contribution >= 0.6 is 0 Å². The Morgan fingerprint density at radius 1 is 0.900 bits per heavy atom. The second-order valence-electron chi connectivity index (χ2n) is 5.22. The number of aryl methyl sites for hydroxylation is 2. The Labute approximate surface area is 119 Å². The highest BCUT2D eigenvalue weighted by Crippen LogP contribution is 2.24. The van der Waals surface area contributed by atoms with Gasteiger partial charge in [-0.25, -0.2) is 0 Å². The summed E-state index contributed by atoms with van der Waals surface area (Å²) < 4.78 is 5.78. The third-order valence-electron chi connectivity index (χ3n) is 3.65. The molecule has 20 heavy (non-hydrogen) atoms. The van der Waals surface area contributed by atoms with Crippen molar-refractivity contribution in [3.63, 3.8) is 0 Å². The molecular weight excluding hydrogens is 246 g/mol. The maximum absolute atomic E-state index is 5.78. The lowest BCUT2D eigenvalue weighted by molar-refractivity contribution is 0.565. The van der Waals surface area contributed by atoms with Gasteiger partial charge < -0.3 is 9.73 Å². The molecule has 0 spiro atoms. The molecule has 1 aromatic heterocycles. The lowest BCUT2D eigenvalue weighted by atomic mass is 10.1.